The quantitative estimate of drug-likeness (QED) is 0.786. The number of carbonyl (C=O) groups is 1. The maximum absolute atomic E-state index is 12.3. The molecule has 0 aliphatic carbocycles. The summed E-state index contributed by atoms with van der Waals surface area (Å²) in [7, 11) is 4.05. The highest BCUT2D eigenvalue weighted by Crippen LogP contribution is 2.17. The Labute approximate surface area is 151 Å². The SMILES string of the molecule is C[C@H]1C[C@@H](C(=O)NCc2cccc(OCCN(C)C)c2)CCN1.Cl. The average Bonchev–Trinajstić information content (AvgIpc) is 2.52. The first-order valence-corrected chi connectivity index (χ1v) is 8.42. The predicted octanol–water partition coefficient (Wildman–Crippen LogP) is 2.05. The number of ether oxygens (including phenoxy) is 1. The van der Waals surface area contributed by atoms with Crippen LogP contribution in [-0.2, 0) is 11.3 Å². The Balaban J connectivity index is 0.00000288. The molecular formula is C18H30ClN3O2. The molecule has 0 spiro atoms. The monoisotopic (exact) mass is 355 g/mol. The number of carbonyl (C=O) groups excluding carboxylic acids is 1. The van der Waals surface area contributed by atoms with Crippen LogP contribution in [0.3, 0.4) is 0 Å². The molecule has 2 N–H and O–H groups in total. The molecule has 1 amide bonds. The average molecular weight is 356 g/mol. The van der Waals surface area contributed by atoms with Gasteiger partial charge in [0.2, 0.25) is 5.91 Å². The molecule has 1 aliphatic heterocycles. The minimum atomic E-state index is 0. The van der Waals surface area contributed by atoms with E-state index in [-0.39, 0.29) is 24.2 Å². The number of rotatable bonds is 7. The van der Waals surface area contributed by atoms with E-state index in [9.17, 15) is 4.79 Å². The second-order valence-corrected chi connectivity index (χ2v) is 6.59. The lowest BCUT2D eigenvalue weighted by molar-refractivity contribution is -0.126. The zero-order chi connectivity index (χ0) is 16.7. The van der Waals surface area contributed by atoms with Gasteiger partial charge in [-0.15, -0.1) is 12.4 Å². The number of piperidine rings is 1. The predicted molar refractivity (Wildman–Crippen MR) is 99.8 cm³/mol. The molecular weight excluding hydrogens is 326 g/mol. The summed E-state index contributed by atoms with van der Waals surface area (Å²) >= 11 is 0. The third-order valence-corrected chi connectivity index (χ3v) is 4.17. The second-order valence-electron chi connectivity index (χ2n) is 6.59. The highest BCUT2D eigenvalue weighted by atomic mass is 35.5. The van der Waals surface area contributed by atoms with Crippen LogP contribution in [0, 0.1) is 5.92 Å². The maximum atomic E-state index is 12.3. The summed E-state index contributed by atoms with van der Waals surface area (Å²) in [5.41, 5.74) is 1.07. The number of amides is 1. The summed E-state index contributed by atoms with van der Waals surface area (Å²) in [5.74, 6) is 1.15. The molecule has 24 heavy (non-hydrogen) atoms. The van der Waals surface area contributed by atoms with Crippen LogP contribution >= 0.6 is 12.4 Å². The van der Waals surface area contributed by atoms with Crippen LogP contribution in [0.15, 0.2) is 24.3 Å². The summed E-state index contributed by atoms with van der Waals surface area (Å²) in [5, 5.41) is 6.44. The van der Waals surface area contributed by atoms with Gasteiger partial charge in [0.1, 0.15) is 12.4 Å². The largest absolute Gasteiger partial charge is 0.492 e. The van der Waals surface area contributed by atoms with Gasteiger partial charge in [0.25, 0.3) is 0 Å². The third kappa shape index (κ3) is 7.07. The molecule has 0 saturated carbocycles. The Kier molecular flexibility index (Phi) is 9.11. The van der Waals surface area contributed by atoms with Crippen LogP contribution in [0.1, 0.15) is 25.3 Å². The lowest BCUT2D eigenvalue weighted by Gasteiger charge is -2.27. The van der Waals surface area contributed by atoms with Gasteiger partial charge in [-0.05, 0) is 58.1 Å². The Bertz CT molecular complexity index is 511. The molecule has 6 heteroatoms. The minimum Gasteiger partial charge on any atom is -0.492 e. The Morgan fingerprint density at radius 3 is 2.92 bits per heavy atom. The van der Waals surface area contributed by atoms with Gasteiger partial charge in [-0.3, -0.25) is 4.79 Å². The van der Waals surface area contributed by atoms with E-state index in [2.05, 4.69) is 22.5 Å². The van der Waals surface area contributed by atoms with E-state index in [1.807, 2.05) is 38.4 Å². The van der Waals surface area contributed by atoms with Crippen LogP contribution in [0.2, 0.25) is 0 Å². The number of halogens is 1. The summed E-state index contributed by atoms with van der Waals surface area (Å²) in [6, 6.07) is 8.37. The highest BCUT2D eigenvalue weighted by molar-refractivity contribution is 5.85. The van der Waals surface area contributed by atoms with Crippen molar-refractivity contribution >= 4 is 18.3 Å². The molecule has 1 heterocycles. The molecule has 1 saturated heterocycles. The van der Waals surface area contributed by atoms with E-state index in [0.717, 1.165) is 37.2 Å². The molecule has 0 unspecified atom stereocenters. The lowest BCUT2D eigenvalue weighted by atomic mass is 9.92. The molecule has 2 atom stereocenters. The van der Waals surface area contributed by atoms with E-state index >= 15 is 0 Å². The van der Waals surface area contributed by atoms with E-state index in [4.69, 9.17) is 4.74 Å². The maximum Gasteiger partial charge on any atom is 0.223 e. The van der Waals surface area contributed by atoms with Gasteiger partial charge < -0.3 is 20.3 Å². The van der Waals surface area contributed by atoms with Crippen LogP contribution in [0.4, 0.5) is 0 Å². The van der Waals surface area contributed by atoms with Gasteiger partial charge >= 0.3 is 0 Å². The number of hydrogen-bond donors (Lipinski definition) is 2. The zero-order valence-corrected chi connectivity index (χ0v) is 15.7. The molecule has 2 rings (SSSR count). The number of likely N-dealkylation sites (N-methyl/N-ethyl adjacent to an activating group) is 1. The van der Waals surface area contributed by atoms with Gasteiger partial charge in [0, 0.05) is 25.0 Å². The van der Waals surface area contributed by atoms with Crippen molar-refractivity contribution in [2.45, 2.75) is 32.4 Å². The Morgan fingerprint density at radius 1 is 1.42 bits per heavy atom. The third-order valence-electron chi connectivity index (χ3n) is 4.17. The van der Waals surface area contributed by atoms with Crippen molar-refractivity contribution in [3.8, 4) is 5.75 Å². The molecule has 1 fully saturated rings. The van der Waals surface area contributed by atoms with Crippen LogP contribution in [-0.4, -0.2) is 50.6 Å². The molecule has 1 aromatic carbocycles. The van der Waals surface area contributed by atoms with Crippen molar-refractivity contribution in [2.24, 2.45) is 5.92 Å². The summed E-state index contributed by atoms with van der Waals surface area (Å²) < 4.78 is 5.73. The van der Waals surface area contributed by atoms with Crippen LogP contribution in [0.5, 0.6) is 5.75 Å². The summed E-state index contributed by atoms with van der Waals surface area (Å²) in [6.07, 6.45) is 1.84. The van der Waals surface area contributed by atoms with Gasteiger partial charge in [0.05, 0.1) is 0 Å². The lowest BCUT2D eigenvalue weighted by Crippen LogP contribution is -2.42. The molecule has 0 bridgehead atoms. The molecule has 5 nitrogen and oxygen atoms in total. The first-order chi connectivity index (χ1) is 11.0. The zero-order valence-electron chi connectivity index (χ0n) is 14.9. The summed E-state index contributed by atoms with van der Waals surface area (Å²) in [4.78, 5) is 14.4. The highest BCUT2D eigenvalue weighted by Gasteiger charge is 2.24. The number of nitrogens with zero attached hydrogens (tertiary/aromatic N) is 1. The number of hydrogen-bond acceptors (Lipinski definition) is 4. The minimum absolute atomic E-state index is 0. The van der Waals surface area contributed by atoms with Gasteiger partial charge in [0.15, 0.2) is 0 Å². The fraction of sp³-hybridized carbons (Fsp3) is 0.611. The van der Waals surface area contributed by atoms with Crippen LogP contribution in [0.25, 0.3) is 0 Å². The van der Waals surface area contributed by atoms with E-state index < -0.39 is 0 Å². The van der Waals surface area contributed by atoms with E-state index in [0.29, 0.717) is 19.2 Å². The molecule has 1 aromatic rings. The molecule has 1 aliphatic rings. The Morgan fingerprint density at radius 2 is 2.21 bits per heavy atom. The number of benzene rings is 1. The van der Waals surface area contributed by atoms with Crippen molar-refractivity contribution in [3.63, 3.8) is 0 Å². The fourth-order valence-electron chi connectivity index (χ4n) is 2.79. The first kappa shape index (κ1) is 20.7. The van der Waals surface area contributed by atoms with Crippen molar-refractivity contribution < 1.29 is 9.53 Å². The summed E-state index contributed by atoms with van der Waals surface area (Å²) in [6.45, 7) is 5.16. The standard InChI is InChI=1S/C18H29N3O2.ClH/c1-14-11-16(7-8-19-14)18(22)20-13-15-5-4-6-17(12-15)23-10-9-21(2)3;/h4-6,12,14,16,19H,7-11,13H2,1-3H3,(H,20,22);1H/t14-,16-;/m0./s1. The molecule has 136 valence electrons. The molecule has 0 aromatic heterocycles. The molecule has 0 radical (unpaired) electrons. The van der Waals surface area contributed by atoms with E-state index in [1.54, 1.807) is 0 Å². The van der Waals surface area contributed by atoms with Gasteiger partial charge in [-0.1, -0.05) is 12.1 Å². The van der Waals surface area contributed by atoms with Crippen molar-refractivity contribution in [1.29, 1.82) is 0 Å². The topological polar surface area (TPSA) is 53.6 Å². The normalized spacial score (nSPS) is 20.3. The van der Waals surface area contributed by atoms with Crippen molar-refractivity contribution in [3.05, 3.63) is 29.8 Å². The van der Waals surface area contributed by atoms with Crippen molar-refractivity contribution in [2.75, 3.05) is 33.8 Å². The smallest absolute Gasteiger partial charge is 0.223 e. The van der Waals surface area contributed by atoms with E-state index in [1.165, 1.54) is 0 Å². The first-order valence-electron chi connectivity index (χ1n) is 8.42. The van der Waals surface area contributed by atoms with Crippen molar-refractivity contribution in [1.82, 2.24) is 15.5 Å². The Hall–Kier alpha value is -1.30. The second kappa shape index (κ2) is 10.5. The fourth-order valence-corrected chi connectivity index (χ4v) is 2.79. The van der Waals surface area contributed by atoms with Gasteiger partial charge in [-0.2, -0.15) is 0 Å². The van der Waals surface area contributed by atoms with Crippen LogP contribution < -0.4 is 15.4 Å². The van der Waals surface area contributed by atoms with Gasteiger partial charge in [-0.25, -0.2) is 0 Å². The number of nitrogens with one attached hydrogen (secondary N) is 2.